The van der Waals surface area contributed by atoms with Crippen molar-refractivity contribution in [3.8, 4) is 0 Å². The highest BCUT2D eigenvalue weighted by molar-refractivity contribution is 5.59. The minimum absolute atomic E-state index is 0.131. The van der Waals surface area contributed by atoms with Gasteiger partial charge in [0.15, 0.2) is 0 Å². The number of nitrogens with one attached hydrogen (secondary N) is 1. The highest BCUT2D eigenvalue weighted by atomic mass is 16.6. The second-order valence-corrected chi connectivity index (χ2v) is 4.89. The quantitative estimate of drug-likeness (QED) is 0.459. The Morgan fingerprint density at radius 2 is 2.28 bits per heavy atom. The maximum absolute atomic E-state index is 11.1. The lowest BCUT2D eigenvalue weighted by Gasteiger charge is -2.05. The first-order valence-electron chi connectivity index (χ1n) is 6.57. The van der Waals surface area contributed by atoms with Crippen LogP contribution in [0.2, 0.25) is 0 Å². The van der Waals surface area contributed by atoms with E-state index < -0.39 is 0 Å². The molecule has 1 aromatic rings. The largest absolute Gasteiger partial charge is 0.365 e. The van der Waals surface area contributed by atoms with Crippen LogP contribution in [0, 0.1) is 16.0 Å². The minimum atomic E-state index is -0.338. The fraction of sp³-hybridized carbons (Fsp3) is 0.750. The summed E-state index contributed by atoms with van der Waals surface area (Å²) in [6, 6.07) is 0. The monoisotopic (exact) mass is 252 g/mol. The van der Waals surface area contributed by atoms with E-state index in [2.05, 4.69) is 10.4 Å². The Bertz CT molecular complexity index is 438. The Labute approximate surface area is 107 Å². The van der Waals surface area contributed by atoms with Crippen molar-refractivity contribution < 1.29 is 4.92 Å². The van der Waals surface area contributed by atoms with Gasteiger partial charge in [0, 0.05) is 13.6 Å². The molecule has 1 aliphatic rings. The van der Waals surface area contributed by atoms with Gasteiger partial charge in [-0.25, -0.2) is 4.68 Å². The van der Waals surface area contributed by atoms with Crippen LogP contribution in [0.25, 0.3) is 0 Å². The molecule has 0 saturated heterocycles. The molecule has 100 valence electrons. The summed E-state index contributed by atoms with van der Waals surface area (Å²) in [5.41, 5.74) is 0.679. The first-order valence-corrected chi connectivity index (χ1v) is 6.57. The maximum Gasteiger partial charge on any atom is 0.333 e. The zero-order chi connectivity index (χ0) is 13.1. The molecule has 18 heavy (non-hydrogen) atoms. The van der Waals surface area contributed by atoms with Gasteiger partial charge in [0.05, 0.1) is 4.92 Å². The van der Waals surface area contributed by atoms with Crippen molar-refractivity contribution in [2.45, 2.75) is 39.0 Å². The van der Waals surface area contributed by atoms with E-state index in [0.29, 0.717) is 17.9 Å². The predicted molar refractivity (Wildman–Crippen MR) is 69.7 cm³/mol. The van der Waals surface area contributed by atoms with E-state index in [4.69, 9.17) is 0 Å². The Kier molecular flexibility index (Phi) is 3.84. The van der Waals surface area contributed by atoms with Gasteiger partial charge >= 0.3 is 5.69 Å². The van der Waals surface area contributed by atoms with E-state index in [9.17, 15) is 10.1 Å². The number of rotatable bonds is 7. The summed E-state index contributed by atoms with van der Waals surface area (Å²) in [5, 5.41) is 18.4. The van der Waals surface area contributed by atoms with Gasteiger partial charge in [-0.3, -0.25) is 10.1 Å². The van der Waals surface area contributed by atoms with Gasteiger partial charge < -0.3 is 5.32 Å². The van der Waals surface area contributed by atoms with E-state index in [-0.39, 0.29) is 10.6 Å². The number of hydrogen-bond donors (Lipinski definition) is 1. The van der Waals surface area contributed by atoms with Crippen molar-refractivity contribution in [1.29, 1.82) is 0 Å². The van der Waals surface area contributed by atoms with E-state index in [1.165, 1.54) is 19.3 Å². The molecule has 2 rings (SSSR count). The molecule has 0 bridgehead atoms. The van der Waals surface area contributed by atoms with Gasteiger partial charge in [-0.15, -0.1) is 0 Å². The molecule has 0 radical (unpaired) electrons. The van der Waals surface area contributed by atoms with Crippen molar-refractivity contribution in [3.05, 3.63) is 15.8 Å². The van der Waals surface area contributed by atoms with Gasteiger partial charge in [0.1, 0.15) is 5.69 Å². The number of anilines is 1. The van der Waals surface area contributed by atoms with Crippen LogP contribution in [0.4, 0.5) is 11.5 Å². The smallest absolute Gasteiger partial charge is 0.333 e. The Balaban J connectivity index is 2.00. The van der Waals surface area contributed by atoms with Crippen molar-refractivity contribution in [1.82, 2.24) is 9.78 Å². The lowest BCUT2D eigenvalue weighted by atomic mass is 10.2. The molecule has 0 aromatic carbocycles. The summed E-state index contributed by atoms with van der Waals surface area (Å²) in [4.78, 5) is 10.7. The van der Waals surface area contributed by atoms with Crippen molar-refractivity contribution in [3.63, 3.8) is 0 Å². The topological polar surface area (TPSA) is 73.0 Å². The second-order valence-electron chi connectivity index (χ2n) is 4.89. The average molecular weight is 252 g/mol. The SMILES string of the molecule is CCc1nn(C)c(NCCCC2CC2)c1[N+](=O)[O-]. The van der Waals surface area contributed by atoms with Crippen LogP contribution in [0.1, 0.15) is 38.3 Å². The zero-order valence-corrected chi connectivity index (χ0v) is 11.0. The third-order valence-electron chi connectivity index (χ3n) is 3.39. The van der Waals surface area contributed by atoms with Gasteiger partial charge in [-0.2, -0.15) is 5.10 Å². The number of nitrogens with zero attached hydrogens (tertiary/aromatic N) is 3. The third-order valence-corrected chi connectivity index (χ3v) is 3.39. The first-order chi connectivity index (χ1) is 8.63. The average Bonchev–Trinajstić information content (AvgIpc) is 3.09. The Morgan fingerprint density at radius 3 is 2.83 bits per heavy atom. The molecule has 0 aliphatic heterocycles. The maximum atomic E-state index is 11.1. The summed E-state index contributed by atoms with van der Waals surface area (Å²) in [5.74, 6) is 1.44. The lowest BCUT2D eigenvalue weighted by molar-refractivity contribution is -0.384. The van der Waals surface area contributed by atoms with Gasteiger partial charge in [-0.05, 0) is 25.2 Å². The third kappa shape index (κ3) is 2.80. The molecule has 0 spiro atoms. The molecule has 0 atom stereocenters. The number of hydrogen-bond acceptors (Lipinski definition) is 4. The minimum Gasteiger partial charge on any atom is -0.365 e. The lowest BCUT2D eigenvalue weighted by Crippen LogP contribution is -2.08. The summed E-state index contributed by atoms with van der Waals surface area (Å²) < 4.78 is 1.58. The molecule has 1 saturated carbocycles. The van der Waals surface area contributed by atoms with Gasteiger partial charge in [0.25, 0.3) is 0 Å². The fourth-order valence-corrected chi connectivity index (χ4v) is 2.20. The van der Waals surface area contributed by atoms with Crippen LogP contribution in [0.15, 0.2) is 0 Å². The van der Waals surface area contributed by atoms with E-state index in [0.717, 1.165) is 18.9 Å². The van der Waals surface area contributed by atoms with Crippen molar-refractivity contribution in [2.24, 2.45) is 13.0 Å². The molecule has 6 heteroatoms. The highest BCUT2D eigenvalue weighted by Crippen LogP contribution is 2.33. The number of aryl methyl sites for hydroxylation is 2. The molecule has 1 aliphatic carbocycles. The summed E-state index contributed by atoms with van der Waals surface area (Å²) in [6.07, 6.45) is 5.57. The molecule has 6 nitrogen and oxygen atoms in total. The van der Waals surface area contributed by atoms with Crippen LogP contribution < -0.4 is 5.32 Å². The van der Waals surface area contributed by atoms with Crippen LogP contribution in [-0.2, 0) is 13.5 Å². The van der Waals surface area contributed by atoms with Crippen LogP contribution in [0.3, 0.4) is 0 Å². The summed E-state index contributed by atoms with van der Waals surface area (Å²) in [7, 11) is 1.75. The fourth-order valence-electron chi connectivity index (χ4n) is 2.20. The van der Waals surface area contributed by atoms with Crippen molar-refractivity contribution in [2.75, 3.05) is 11.9 Å². The van der Waals surface area contributed by atoms with E-state index in [1.54, 1.807) is 11.7 Å². The van der Waals surface area contributed by atoms with Crippen molar-refractivity contribution >= 4 is 11.5 Å². The predicted octanol–water partition coefficient (Wildman–Crippen LogP) is 2.49. The van der Waals surface area contributed by atoms with Crippen LogP contribution in [-0.4, -0.2) is 21.2 Å². The van der Waals surface area contributed by atoms with Crippen LogP contribution >= 0.6 is 0 Å². The zero-order valence-electron chi connectivity index (χ0n) is 11.0. The number of aromatic nitrogens is 2. The summed E-state index contributed by atoms with van der Waals surface area (Å²) in [6.45, 7) is 2.66. The molecule has 1 heterocycles. The molecule has 0 amide bonds. The Hall–Kier alpha value is -1.59. The van der Waals surface area contributed by atoms with E-state index >= 15 is 0 Å². The van der Waals surface area contributed by atoms with Crippen LogP contribution in [0.5, 0.6) is 0 Å². The standard InChI is InChI=1S/C12H20N4O2/c1-3-10-11(16(17)18)12(15(2)14-10)13-8-4-5-9-6-7-9/h9,13H,3-8H2,1-2H3. The molecular weight excluding hydrogens is 232 g/mol. The van der Waals surface area contributed by atoms with Gasteiger partial charge in [-0.1, -0.05) is 19.8 Å². The van der Waals surface area contributed by atoms with E-state index in [1.807, 2.05) is 6.92 Å². The molecule has 1 N–H and O–H groups in total. The molecule has 0 unspecified atom stereocenters. The molecular formula is C12H20N4O2. The summed E-state index contributed by atoms with van der Waals surface area (Å²) >= 11 is 0. The second kappa shape index (κ2) is 5.37. The van der Waals surface area contributed by atoms with Gasteiger partial charge in [0.2, 0.25) is 5.82 Å². The normalized spacial score (nSPS) is 14.8. The Morgan fingerprint density at radius 1 is 1.56 bits per heavy atom. The molecule has 1 fully saturated rings. The molecule has 1 aromatic heterocycles. The highest BCUT2D eigenvalue weighted by Gasteiger charge is 2.25. The first kappa shape index (κ1) is 12.9. The number of nitro groups is 1.